The van der Waals surface area contributed by atoms with Gasteiger partial charge >= 0.3 is 0 Å². The maximum atomic E-state index is 11.7. The van der Waals surface area contributed by atoms with Crippen molar-refractivity contribution in [3.63, 3.8) is 0 Å². The molecule has 120 valence electrons. The van der Waals surface area contributed by atoms with Crippen LogP contribution >= 0.6 is 11.8 Å². The number of carbonyl (C=O) groups excluding carboxylic acids is 2. The molecular formula is C19H21NO2S. The zero-order chi connectivity index (χ0) is 16.7. The summed E-state index contributed by atoms with van der Waals surface area (Å²) in [5.74, 6) is 0.345. The van der Waals surface area contributed by atoms with E-state index >= 15 is 0 Å². The Kier molecular flexibility index (Phi) is 6.41. The summed E-state index contributed by atoms with van der Waals surface area (Å²) in [6.45, 7) is 2.95. The number of amides is 1. The second-order valence-corrected chi connectivity index (χ2v) is 6.54. The predicted octanol–water partition coefficient (Wildman–Crippen LogP) is 3.60. The van der Waals surface area contributed by atoms with Crippen LogP contribution in [0.2, 0.25) is 0 Å². The lowest BCUT2D eigenvalue weighted by Crippen LogP contribution is -2.40. The maximum Gasteiger partial charge on any atom is 0.217 e. The van der Waals surface area contributed by atoms with Gasteiger partial charge < -0.3 is 5.32 Å². The molecule has 0 aliphatic carbocycles. The molecule has 2 aromatic rings. The fourth-order valence-corrected chi connectivity index (χ4v) is 3.74. The fraction of sp³-hybridized carbons (Fsp3) is 0.263. The van der Waals surface area contributed by atoms with Crippen molar-refractivity contribution in [2.45, 2.75) is 25.1 Å². The largest absolute Gasteiger partial charge is 0.346 e. The molecule has 0 saturated heterocycles. The minimum Gasteiger partial charge on any atom is -0.346 e. The first-order valence-electron chi connectivity index (χ1n) is 7.57. The lowest BCUT2D eigenvalue weighted by atomic mass is 10.0. The maximum absolute atomic E-state index is 11.7. The highest BCUT2D eigenvalue weighted by atomic mass is 32.2. The second kappa shape index (κ2) is 8.53. The van der Waals surface area contributed by atoms with Gasteiger partial charge in [0.2, 0.25) is 5.91 Å². The molecule has 23 heavy (non-hydrogen) atoms. The van der Waals surface area contributed by atoms with Gasteiger partial charge in [-0.2, -0.15) is 0 Å². The highest BCUT2D eigenvalue weighted by molar-refractivity contribution is 7.99. The third kappa shape index (κ3) is 5.25. The number of carbonyl (C=O) groups is 2. The lowest BCUT2D eigenvalue weighted by molar-refractivity contribution is -0.125. The van der Waals surface area contributed by atoms with Crippen LogP contribution in [0.15, 0.2) is 60.7 Å². The fourth-order valence-electron chi connectivity index (χ4n) is 2.34. The van der Waals surface area contributed by atoms with Crippen molar-refractivity contribution in [1.29, 1.82) is 0 Å². The normalized spacial score (nSPS) is 12.0. The average Bonchev–Trinajstić information content (AvgIpc) is 2.55. The Morgan fingerprint density at radius 3 is 1.78 bits per heavy atom. The van der Waals surface area contributed by atoms with E-state index in [0.717, 1.165) is 0 Å². The molecule has 3 nitrogen and oxygen atoms in total. The summed E-state index contributed by atoms with van der Waals surface area (Å²) in [6.07, 6.45) is 0. The first kappa shape index (κ1) is 17.3. The van der Waals surface area contributed by atoms with Gasteiger partial charge in [0.1, 0.15) is 0 Å². The Bertz CT molecular complexity index is 603. The smallest absolute Gasteiger partial charge is 0.217 e. The number of rotatable bonds is 7. The zero-order valence-electron chi connectivity index (χ0n) is 13.4. The molecule has 0 spiro atoms. The van der Waals surface area contributed by atoms with E-state index in [1.54, 1.807) is 11.8 Å². The van der Waals surface area contributed by atoms with Crippen LogP contribution in [0, 0.1) is 0 Å². The second-order valence-electron chi connectivity index (χ2n) is 5.40. The lowest BCUT2D eigenvalue weighted by Gasteiger charge is -2.21. The number of ketones is 1. The van der Waals surface area contributed by atoms with Crippen molar-refractivity contribution in [1.82, 2.24) is 5.32 Å². The standard InChI is InChI=1S/C19H21NO2S/c1-14(21)18(20-15(2)22)13-23-19(16-9-5-3-6-10-16)17-11-7-4-8-12-17/h3-12,18-19H,13H2,1-2H3,(H,20,22). The van der Waals surface area contributed by atoms with E-state index in [4.69, 9.17) is 0 Å². The molecule has 0 aromatic heterocycles. The van der Waals surface area contributed by atoms with Gasteiger partial charge in [0.15, 0.2) is 5.78 Å². The predicted molar refractivity (Wildman–Crippen MR) is 95.5 cm³/mol. The molecule has 0 bridgehead atoms. The number of nitrogens with one attached hydrogen (secondary N) is 1. The molecule has 0 radical (unpaired) electrons. The van der Waals surface area contributed by atoms with Crippen LogP contribution in [0.3, 0.4) is 0 Å². The van der Waals surface area contributed by atoms with Crippen molar-refractivity contribution in [2.24, 2.45) is 0 Å². The molecule has 1 unspecified atom stereocenters. The summed E-state index contributed by atoms with van der Waals surface area (Å²) in [6, 6.07) is 20.0. The van der Waals surface area contributed by atoms with Gasteiger partial charge in [-0.1, -0.05) is 60.7 Å². The molecule has 1 atom stereocenters. The van der Waals surface area contributed by atoms with E-state index in [0.29, 0.717) is 5.75 Å². The summed E-state index contributed by atoms with van der Waals surface area (Å²) in [4.78, 5) is 23.0. The number of Topliss-reactive ketones (excluding diaryl/α,β-unsaturated/α-hetero) is 1. The third-order valence-corrected chi connectivity index (χ3v) is 4.91. The number of thioether (sulfide) groups is 1. The highest BCUT2D eigenvalue weighted by Gasteiger charge is 2.20. The van der Waals surface area contributed by atoms with Gasteiger partial charge in [0, 0.05) is 12.7 Å². The molecular weight excluding hydrogens is 306 g/mol. The molecule has 2 aromatic carbocycles. The van der Waals surface area contributed by atoms with Gasteiger partial charge in [-0.25, -0.2) is 0 Å². The van der Waals surface area contributed by atoms with E-state index in [9.17, 15) is 9.59 Å². The third-order valence-electron chi connectivity index (χ3n) is 3.50. The summed E-state index contributed by atoms with van der Waals surface area (Å²) in [5, 5.41) is 2.86. The van der Waals surface area contributed by atoms with Crippen LogP contribution in [-0.4, -0.2) is 23.5 Å². The summed E-state index contributed by atoms with van der Waals surface area (Å²) in [5.41, 5.74) is 2.38. The molecule has 2 rings (SSSR count). The van der Waals surface area contributed by atoms with E-state index in [1.807, 2.05) is 36.4 Å². The quantitative estimate of drug-likeness (QED) is 0.845. The van der Waals surface area contributed by atoms with Crippen LogP contribution in [0.4, 0.5) is 0 Å². The van der Waals surface area contributed by atoms with Gasteiger partial charge in [0.05, 0.1) is 11.3 Å². The first-order valence-corrected chi connectivity index (χ1v) is 8.62. The van der Waals surface area contributed by atoms with E-state index in [1.165, 1.54) is 25.0 Å². The van der Waals surface area contributed by atoms with Crippen LogP contribution in [-0.2, 0) is 9.59 Å². The van der Waals surface area contributed by atoms with Crippen molar-refractivity contribution in [3.05, 3.63) is 71.8 Å². The van der Waals surface area contributed by atoms with Crippen LogP contribution in [0.25, 0.3) is 0 Å². The molecule has 0 heterocycles. The Balaban J connectivity index is 2.18. The summed E-state index contributed by atoms with van der Waals surface area (Å²) < 4.78 is 0. The molecule has 1 N–H and O–H groups in total. The topological polar surface area (TPSA) is 46.2 Å². The van der Waals surface area contributed by atoms with Gasteiger partial charge in [-0.3, -0.25) is 9.59 Å². The van der Waals surface area contributed by atoms with Crippen LogP contribution in [0.5, 0.6) is 0 Å². The number of hydrogen-bond donors (Lipinski definition) is 1. The van der Waals surface area contributed by atoms with Gasteiger partial charge in [-0.05, 0) is 18.1 Å². The molecule has 0 aliphatic rings. The molecule has 1 amide bonds. The van der Waals surface area contributed by atoms with E-state index in [-0.39, 0.29) is 16.9 Å². The number of benzene rings is 2. The molecule has 0 fully saturated rings. The highest BCUT2D eigenvalue weighted by Crippen LogP contribution is 2.35. The van der Waals surface area contributed by atoms with Crippen molar-refractivity contribution in [3.8, 4) is 0 Å². The molecule has 0 aliphatic heterocycles. The van der Waals surface area contributed by atoms with Crippen molar-refractivity contribution >= 4 is 23.5 Å². The zero-order valence-corrected chi connectivity index (χ0v) is 14.2. The first-order chi connectivity index (χ1) is 11.1. The molecule has 4 heteroatoms. The van der Waals surface area contributed by atoms with Crippen LogP contribution < -0.4 is 5.32 Å². The van der Waals surface area contributed by atoms with Crippen molar-refractivity contribution < 1.29 is 9.59 Å². The average molecular weight is 327 g/mol. The minimum atomic E-state index is -0.451. The minimum absolute atomic E-state index is 0.0208. The monoisotopic (exact) mass is 327 g/mol. The Morgan fingerprint density at radius 2 is 1.39 bits per heavy atom. The molecule has 0 saturated carbocycles. The number of hydrogen-bond acceptors (Lipinski definition) is 3. The van der Waals surface area contributed by atoms with E-state index in [2.05, 4.69) is 29.6 Å². The Morgan fingerprint density at radius 1 is 0.913 bits per heavy atom. The Hall–Kier alpha value is -2.07. The van der Waals surface area contributed by atoms with Crippen LogP contribution in [0.1, 0.15) is 30.2 Å². The summed E-state index contributed by atoms with van der Waals surface area (Å²) >= 11 is 1.67. The Labute approximate surface area is 141 Å². The summed E-state index contributed by atoms with van der Waals surface area (Å²) in [7, 11) is 0. The van der Waals surface area contributed by atoms with Gasteiger partial charge in [-0.15, -0.1) is 11.8 Å². The van der Waals surface area contributed by atoms with Crippen molar-refractivity contribution in [2.75, 3.05) is 5.75 Å². The van der Waals surface area contributed by atoms with Gasteiger partial charge in [0.25, 0.3) is 0 Å². The SMILES string of the molecule is CC(=O)NC(CSC(c1ccccc1)c1ccccc1)C(C)=O. The van der Waals surface area contributed by atoms with E-state index < -0.39 is 6.04 Å².